The molecule has 0 aliphatic carbocycles. The fourth-order valence-corrected chi connectivity index (χ4v) is 4.35. The second-order valence-electron chi connectivity index (χ2n) is 7.14. The van der Waals surface area contributed by atoms with Gasteiger partial charge in [0.15, 0.2) is 6.61 Å². The van der Waals surface area contributed by atoms with Gasteiger partial charge in [-0.15, -0.1) is 0 Å². The summed E-state index contributed by atoms with van der Waals surface area (Å²) in [5, 5.41) is 24.2. The predicted molar refractivity (Wildman–Crippen MR) is 137 cm³/mol. The molecule has 0 atom stereocenters. The lowest BCUT2D eigenvalue weighted by Gasteiger charge is -2.12. The summed E-state index contributed by atoms with van der Waals surface area (Å²) in [5.41, 5.74) is 2.55. The fraction of sp³-hybridized carbons (Fsp3) is 0.0800. The van der Waals surface area contributed by atoms with Gasteiger partial charge in [0.1, 0.15) is 23.1 Å². The Hall–Kier alpha value is -3.61. The third-order valence-corrected chi connectivity index (χ3v) is 5.77. The van der Waals surface area contributed by atoms with Crippen LogP contribution in [0.3, 0.4) is 0 Å². The van der Waals surface area contributed by atoms with Crippen molar-refractivity contribution in [3.05, 3.63) is 86.3 Å². The van der Waals surface area contributed by atoms with E-state index in [2.05, 4.69) is 42.5 Å². The molecule has 0 aliphatic heterocycles. The van der Waals surface area contributed by atoms with Crippen molar-refractivity contribution in [3.8, 4) is 17.6 Å². The number of para-hydroxylation sites is 1. The van der Waals surface area contributed by atoms with E-state index in [1.54, 1.807) is 12.1 Å². The van der Waals surface area contributed by atoms with Crippen LogP contribution in [0.25, 0.3) is 6.08 Å². The van der Waals surface area contributed by atoms with Crippen LogP contribution >= 0.6 is 31.9 Å². The Bertz CT molecular complexity index is 1280. The summed E-state index contributed by atoms with van der Waals surface area (Å²) < 4.78 is 6.74. The summed E-state index contributed by atoms with van der Waals surface area (Å²) in [4.78, 5) is 24.7. The molecule has 0 saturated carbocycles. The highest BCUT2D eigenvalue weighted by Crippen LogP contribution is 2.35. The number of carbonyl (C=O) groups is 2. The van der Waals surface area contributed by atoms with Crippen LogP contribution in [-0.4, -0.2) is 23.5 Å². The molecular formula is C25H19Br2N3O4. The first-order valence-electron chi connectivity index (χ1n) is 9.96. The Balaban J connectivity index is 1.69. The van der Waals surface area contributed by atoms with Crippen molar-refractivity contribution >= 4 is 61.1 Å². The number of phenols is 1. The van der Waals surface area contributed by atoms with Crippen LogP contribution < -0.4 is 15.4 Å². The first-order valence-corrected chi connectivity index (χ1v) is 11.5. The highest BCUT2D eigenvalue weighted by molar-refractivity contribution is 9.11. The highest BCUT2D eigenvalue weighted by Gasteiger charge is 2.14. The van der Waals surface area contributed by atoms with Gasteiger partial charge in [0, 0.05) is 11.4 Å². The Morgan fingerprint density at radius 2 is 1.71 bits per heavy atom. The number of halogens is 2. The number of aryl methyl sites for hydroxylation is 1. The van der Waals surface area contributed by atoms with Crippen molar-refractivity contribution < 1.29 is 19.4 Å². The van der Waals surface area contributed by atoms with E-state index in [9.17, 15) is 20.0 Å². The zero-order valence-corrected chi connectivity index (χ0v) is 21.1. The van der Waals surface area contributed by atoms with E-state index in [0.717, 1.165) is 5.56 Å². The van der Waals surface area contributed by atoms with Crippen LogP contribution in [0.4, 0.5) is 11.4 Å². The van der Waals surface area contributed by atoms with Crippen LogP contribution in [0.2, 0.25) is 0 Å². The molecule has 34 heavy (non-hydrogen) atoms. The average Bonchev–Trinajstić information content (AvgIpc) is 2.80. The standard InChI is InChI=1S/C25H19Br2N3O4/c1-15-4-2-3-5-22(15)30-23(32)14-34-24-20(26)11-16(12-21(24)27)10-17(13-28)25(33)29-18-6-8-19(31)9-7-18/h2-12,31H,14H2,1H3,(H,29,33)(H,30,32)/b17-10+. The molecule has 7 nitrogen and oxygen atoms in total. The number of carbonyl (C=O) groups excluding carboxylic acids is 2. The Kier molecular flexibility index (Phi) is 8.46. The molecule has 0 heterocycles. The summed E-state index contributed by atoms with van der Waals surface area (Å²) >= 11 is 6.83. The summed E-state index contributed by atoms with van der Waals surface area (Å²) in [7, 11) is 0. The zero-order valence-electron chi connectivity index (χ0n) is 17.9. The SMILES string of the molecule is Cc1ccccc1NC(=O)COc1c(Br)cc(/C=C(\C#N)C(=O)Nc2ccc(O)cc2)cc1Br. The molecule has 3 aromatic carbocycles. The van der Waals surface area contributed by atoms with Gasteiger partial charge in [-0.05, 0) is 98.5 Å². The van der Waals surface area contributed by atoms with Gasteiger partial charge in [0.25, 0.3) is 11.8 Å². The smallest absolute Gasteiger partial charge is 0.266 e. The zero-order chi connectivity index (χ0) is 24.7. The number of nitrogens with one attached hydrogen (secondary N) is 2. The third kappa shape index (κ3) is 6.70. The van der Waals surface area contributed by atoms with E-state index in [-0.39, 0.29) is 23.8 Å². The van der Waals surface area contributed by atoms with Crippen LogP contribution in [0.1, 0.15) is 11.1 Å². The number of rotatable bonds is 7. The van der Waals surface area contributed by atoms with Crippen molar-refractivity contribution in [1.29, 1.82) is 5.26 Å². The minimum absolute atomic E-state index is 0.0683. The molecule has 0 aromatic heterocycles. The van der Waals surface area contributed by atoms with Crippen LogP contribution in [0, 0.1) is 18.3 Å². The maximum absolute atomic E-state index is 12.5. The van der Waals surface area contributed by atoms with Crippen LogP contribution in [-0.2, 0) is 9.59 Å². The van der Waals surface area contributed by atoms with E-state index >= 15 is 0 Å². The fourth-order valence-electron chi connectivity index (χ4n) is 2.90. The molecule has 172 valence electrons. The number of nitriles is 1. The first kappa shape index (κ1) is 25.0. The Morgan fingerprint density at radius 3 is 2.32 bits per heavy atom. The van der Waals surface area contributed by atoms with Gasteiger partial charge in [0.2, 0.25) is 0 Å². The number of aromatic hydroxyl groups is 1. The summed E-state index contributed by atoms with van der Waals surface area (Å²) in [6.07, 6.45) is 1.43. The van der Waals surface area contributed by atoms with E-state index < -0.39 is 5.91 Å². The molecule has 0 unspecified atom stereocenters. The van der Waals surface area contributed by atoms with Gasteiger partial charge in [-0.1, -0.05) is 18.2 Å². The van der Waals surface area contributed by atoms with Crippen LogP contribution in [0.15, 0.2) is 75.2 Å². The van der Waals surface area contributed by atoms with E-state index in [1.807, 2.05) is 37.3 Å². The largest absolute Gasteiger partial charge is 0.508 e. The normalized spacial score (nSPS) is 10.8. The molecule has 0 saturated heterocycles. The number of amides is 2. The maximum atomic E-state index is 12.5. The third-order valence-electron chi connectivity index (χ3n) is 4.59. The molecule has 0 bridgehead atoms. The second-order valence-corrected chi connectivity index (χ2v) is 8.84. The molecule has 0 aliphatic rings. The van der Waals surface area contributed by atoms with E-state index in [4.69, 9.17) is 4.74 Å². The van der Waals surface area contributed by atoms with Crippen molar-refractivity contribution in [3.63, 3.8) is 0 Å². The summed E-state index contributed by atoms with van der Waals surface area (Å²) in [6, 6.07) is 18.6. The lowest BCUT2D eigenvalue weighted by Crippen LogP contribution is -2.20. The molecule has 0 spiro atoms. The minimum atomic E-state index is -0.589. The Labute approximate surface area is 213 Å². The summed E-state index contributed by atoms with van der Waals surface area (Å²) in [5.74, 6) is -0.425. The molecule has 0 fully saturated rings. The number of phenolic OH excluding ortho intramolecular Hbond substituents is 1. The monoisotopic (exact) mass is 583 g/mol. The molecular weight excluding hydrogens is 566 g/mol. The summed E-state index contributed by atoms with van der Waals surface area (Å²) in [6.45, 7) is 1.69. The number of anilines is 2. The van der Waals surface area contributed by atoms with Gasteiger partial charge in [-0.2, -0.15) is 5.26 Å². The number of hydrogen-bond acceptors (Lipinski definition) is 5. The average molecular weight is 585 g/mol. The van der Waals surface area contributed by atoms with Gasteiger partial charge < -0.3 is 20.5 Å². The molecule has 9 heteroatoms. The van der Waals surface area contributed by atoms with Gasteiger partial charge >= 0.3 is 0 Å². The van der Waals surface area contributed by atoms with Crippen molar-refractivity contribution in [2.24, 2.45) is 0 Å². The molecule has 2 amide bonds. The first-order chi connectivity index (χ1) is 16.3. The number of nitrogens with zero attached hydrogens (tertiary/aromatic N) is 1. The van der Waals surface area contributed by atoms with Crippen LogP contribution in [0.5, 0.6) is 11.5 Å². The molecule has 3 rings (SSSR count). The molecule has 0 radical (unpaired) electrons. The van der Waals surface area contributed by atoms with Crippen molar-refractivity contribution in [2.75, 3.05) is 17.2 Å². The predicted octanol–water partition coefficient (Wildman–Crippen LogP) is 5.79. The minimum Gasteiger partial charge on any atom is -0.508 e. The quantitative estimate of drug-likeness (QED) is 0.185. The number of ether oxygens (including phenoxy) is 1. The highest BCUT2D eigenvalue weighted by atomic mass is 79.9. The topological polar surface area (TPSA) is 111 Å². The van der Waals surface area contributed by atoms with Crippen molar-refractivity contribution in [2.45, 2.75) is 6.92 Å². The van der Waals surface area contributed by atoms with Crippen molar-refractivity contribution in [1.82, 2.24) is 0 Å². The second kappa shape index (κ2) is 11.5. The molecule has 3 N–H and O–H groups in total. The lowest BCUT2D eigenvalue weighted by molar-refractivity contribution is -0.118. The van der Waals surface area contributed by atoms with Gasteiger partial charge in [-0.3, -0.25) is 9.59 Å². The van der Waals surface area contributed by atoms with Gasteiger partial charge in [0.05, 0.1) is 8.95 Å². The maximum Gasteiger partial charge on any atom is 0.266 e. The van der Waals surface area contributed by atoms with E-state index in [1.165, 1.54) is 30.3 Å². The number of benzene rings is 3. The lowest BCUT2D eigenvalue weighted by atomic mass is 10.1. The Morgan fingerprint density at radius 1 is 1.06 bits per heavy atom. The molecule has 3 aromatic rings. The van der Waals surface area contributed by atoms with E-state index in [0.29, 0.717) is 31.6 Å². The van der Waals surface area contributed by atoms with Gasteiger partial charge in [-0.25, -0.2) is 0 Å². The number of hydrogen-bond donors (Lipinski definition) is 3.